The Labute approximate surface area is 200 Å². The van der Waals surface area contributed by atoms with Gasteiger partial charge in [0.25, 0.3) is 6.47 Å². The summed E-state index contributed by atoms with van der Waals surface area (Å²) in [7, 11) is 2.03. The molecule has 0 unspecified atom stereocenters. The molecular formula is C25H47N3O5. The summed E-state index contributed by atoms with van der Waals surface area (Å²) in [6, 6.07) is 0. The number of ether oxygens (including phenoxy) is 1. The maximum Gasteiger partial charge on any atom is 0.307 e. The Bertz CT molecular complexity index is 636. The van der Waals surface area contributed by atoms with Crippen molar-refractivity contribution in [2.75, 3.05) is 13.6 Å². The summed E-state index contributed by atoms with van der Waals surface area (Å²) >= 11 is 0. The van der Waals surface area contributed by atoms with Crippen LogP contribution in [0.5, 0.6) is 0 Å². The van der Waals surface area contributed by atoms with Gasteiger partial charge in [0.05, 0.1) is 13.0 Å². The second kappa shape index (κ2) is 17.5. The van der Waals surface area contributed by atoms with Gasteiger partial charge >= 0.3 is 5.97 Å². The van der Waals surface area contributed by atoms with Crippen LogP contribution in [0.15, 0.2) is 4.52 Å². The number of aromatic nitrogens is 2. The van der Waals surface area contributed by atoms with Crippen molar-refractivity contribution in [3.8, 4) is 0 Å². The molecule has 0 bridgehead atoms. The van der Waals surface area contributed by atoms with Gasteiger partial charge in [-0.2, -0.15) is 4.98 Å². The molecule has 1 aromatic heterocycles. The fraction of sp³-hybridized carbons (Fsp3) is 0.840. The van der Waals surface area contributed by atoms with Crippen molar-refractivity contribution in [1.82, 2.24) is 15.0 Å². The monoisotopic (exact) mass is 469 g/mol. The van der Waals surface area contributed by atoms with Crippen molar-refractivity contribution >= 4 is 12.4 Å². The Morgan fingerprint density at radius 2 is 1.88 bits per heavy atom. The van der Waals surface area contributed by atoms with Crippen LogP contribution in [0.4, 0.5) is 0 Å². The second-order valence-electron chi connectivity index (χ2n) is 9.41. The highest BCUT2D eigenvalue weighted by Crippen LogP contribution is 2.31. The van der Waals surface area contributed by atoms with E-state index in [-0.39, 0.29) is 18.4 Å². The van der Waals surface area contributed by atoms with Crippen LogP contribution in [0.25, 0.3) is 0 Å². The van der Waals surface area contributed by atoms with Gasteiger partial charge in [0.15, 0.2) is 5.82 Å². The zero-order chi connectivity index (χ0) is 25.3. The summed E-state index contributed by atoms with van der Waals surface area (Å²) in [5.41, 5.74) is -0.479. The zero-order valence-electron chi connectivity index (χ0n) is 21.9. The van der Waals surface area contributed by atoms with Crippen molar-refractivity contribution in [1.29, 1.82) is 0 Å². The number of hydrogen-bond donors (Lipinski definition) is 1. The number of hydrogen-bond acceptors (Lipinski definition) is 7. The SMILES string of the molecule is CC.CCN(C)Cc1noc([C@H](CCCC2CCCCC2)CC(=O)OC(C)(C)C)n1.O=CO. The van der Waals surface area contributed by atoms with E-state index < -0.39 is 5.60 Å². The van der Waals surface area contributed by atoms with Crippen LogP contribution in [-0.2, 0) is 20.9 Å². The molecule has 0 aromatic carbocycles. The van der Waals surface area contributed by atoms with Crippen molar-refractivity contribution < 1.29 is 24.0 Å². The lowest BCUT2D eigenvalue weighted by Crippen LogP contribution is -2.25. The first-order chi connectivity index (χ1) is 15.7. The number of carboxylic acid groups (broad SMARTS) is 1. The molecule has 1 aliphatic rings. The number of carbonyl (C=O) groups is 2. The normalized spacial score (nSPS) is 15.0. The van der Waals surface area contributed by atoms with Gasteiger partial charge in [0.1, 0.15) is 5.60 Å². The van der Waals surface area contributed by atoms with Crippen molar-refractivity contribution in [3.63, 3.8) is 0 Å². The molecule has 0 saturated heterocycles. The van der Waals surface area contributed by atoms with Crippen LogP contribution in [0.1, 0.15) is 117 Å². The largest absolute Gasteiger partial charge is 0.483 e. The van der Waals surface area contributed by atoms with Gasteiger partial charge in [-0.25, -0.2) is 0 Å². The fourth-order valence-electron chi connectivity index (χ4n) is 3.88. The summed E-state index contributed by atoms with van der Waals surface area (Å²) in [4.78, 5) is 27.5. The van der Waals surface area contributed by atoms with Gasteiger partial charge in [-0.05, 0) is 46.7 Å². The molecule has 0 amide bonds. The Morgan fingerprint density at radius 3 is 2.42 bits per heavy atom. The lowest BCUT2D eigenvalue weighted by Gasteiger charge is -2.23. The first-order valence-electron chi connectivity index (χ1n) is 12.5. The average molecular weight is 470 g/mol. The van der Waals surface area contributed by atoms with E-state index in [2.05, 4.69) is 22.0 Å². The Kier molecular flexibility index (Phi) is 16.5. The van der Waals surface area contributed by atoms with Gasteiger partial charge in [-0.1, -0.05) is 70.9 Å². The predicted molar refractivity (Wildman–Crippen MR) is 130 cm³/mol. The topological polar surface area (TPSA) is 106 Å². The van der Waals surface area contributed by atoms with Gasteiger partial charge in [-0.3, -0.25) is 14.5 Å². The highest BCUT2D eigenvalue weighted by molar-refractivity contribution is 5.70. The third-order valence-electron chi connectivity index (χ3n) is 5.51. The smallest absolute Gasteiger partial charge is 0.307 e. The quantitative estimate of drug-likeness (QED) is 0.338. The molecule has 2 rings (SSSR count). The van der Waals surface area contributed by atoms with E-state index in [0.29, 0.717) is 24.7 Å². The molecule has 1 heterocycles. The standard InChI is InChI=1S/C22H39N3O3.C2H6.CH2O2/c1-6-25(5)16-19-23-21(28-24-19)18(15-20(26)27-22(2,3)4)14-10-13-17-11-8-7-9-12-17;1-2;2-1-3/h17-18H,6-16H2,1-5H3;1-2H3;1H,(H,2,3)/t18-;;/m1../s1. The first kappa shape index (κ1) is 31.0. The molecule has 1 atom stereocenters. The van der Waals surface area contributed by atoms with Crippen LogP contribution < -0.4 is 0 Å². The van der Waals surface area contributed by atoms with Crippen LogP contribution in [-0.4, -0.2) is 51.8 Å². The highest BCUT2D eigenvalue weighted by Gasteiger charge is 2.26. The summed E-state index contributed by atoms with van der Waals surface area (Å²) in [5, 5.41) is 11.0. The Hall–Kier alpha value is -1.96. The Morgan fingerprint density at radius 1 is 1.27 bits per heavy atom. The van der Waals surface area contributed by atoms with Crippen LogP contribution in [0, 0.1) is 5.92 Å². The van der Waals surface area contributed by atoms with Gasteiger partial charge in [-0.15, -0.1) is 0 Å². The molecular weight excluding hydrogens is 422 g/mol. The van der Waals surface area contributed by atoms with E-state index in [1.54, 1.807) is 0 Å². The molecule has 0 spiro atoms. The predicted octanol–water partition coefficient (Wildman–Crippen LogP) is 5.81. The summed E-state index contributed by atoms with van der Waals surface area (Å²) in [5.74, 6) is 1.84. The zero-order valence-corrected chi connectivity index (χ0v) is 21.9. The number of esters is 1. The van der Waals surface area contributed by atoms with E-state index in [1.807, 2.05) is 41.7 Å². The molecule has 33 heavy (non-hydrogen) atoms. The second-order valence-corrected chi connectivity index (χ2v) is 9.41. The fourth-order valence-corrected chi connectivity index (χ4v) is 3.88. The van der Waals surface area contributed by atoms with Crippen molar-refractivity contribution in [2.45, 2.75) is 117 Å². The molecule has 0 aliphatic heterocycles. The van der Waals surface area contributed by atoms with Crippen LogP contribution in [0.2, 0.25) is 0 Å². The van der Waals surface area contributed by atoms with Gasteiger partial charge in [0.2, 0.25) is 5.89 Å². The highest BCUT2D eigenvalue weighted by atomic mass is 16.6. The number of rotatable bonds is 10. The third kappa shape index (κ3) is 14.7. The molecule has 1 saturated carbocycles. The molecule has 192 valence electrons. The summed E-state index contributed by atoms with van der Waals surface area (Å²) < 4.78 is 11.1. The van der Waals surface area contributed by atoms with Gasteiger partial charge in [0, 0.05) is 5.92 Å². The molecule has 0 radical (unpaired) electrons. The molecule has 8 heteroatoms. The molecule has 1 aliphatic carbocycles. The maximum atomic E-state index is 12.4. The maximum absolute atomic E-state index is 12.4. The molecule has 1 aromatic rings. The van der Waals surface area contributed by atoms with E-state index in [4.69, 9.17) is 19.2 Å². The van der Waals surface area contributed by atoms with E-state index in [0.717, 1.165) is 25.3 Å². The van der Waals surface area contributed by atoms with E-state index in [9.17, 15) is 4.79 Å². The summed E-state index contributed by atoms with van der Waals surface area (Å²) in [6.45, 7) is 13.1. The van der Waals surface area contributed by atoms with Crippen LogP contribution in [0.3, 0.4) is 0 Å². The van der Waals surface area contributed by atoms with Gasteiger partial charge < -0.3 is 14.4 Å². The van der Waals surface area contributed by atoms with E-state index in [1.165, 1.54) is 38.5 Å². The first-order valence-corrected chi connectivity index (χ1v) is 12.5. The average Bonchev–Trinajstić information content (AvgIpc) is 3.22. The lowest BCUT2D eigenvalue weighted by atomic mass is 9.84. The van der Waals surface area contributed by atoms with Crippen LogP contribution >= 0.6 is 0 Å². The molecule has 1 fully saturated rings. The third-order valence-corrected chi connectivity index (χ3v) is 5.51. The number of nitrogens with zero attached hydrogens (tertiary/aromatic N) is 3. The number of carbonyl (C=O) groups excluding carboxylic acids is 1. The lowest BCUT2D eigenvalue weighted by molar-refractivity contribution is -0.155. The minimum atomic E-state index is -0.479. The molecule has 8 nitrogen and oxygen atoms in total. The van der Waals surface area contributed by atoms with Crippen molar-refractivity contribution in [2.24, 2.45) is 5.92 Å². The summed E-state index contributed by atoms with van der Waals surface area (Å²) in [6.07, 6.45) is 10.3. The Balaban J connectivity index is 0.00000189. The van der Waals surface area contributed by atoms with E-state index >= 15 is 0 Å². The van der Waals surface area contributed by atoms with Crippen molar-refractivity contribution in [3.05, 3.63) is 11.7 Å². The minimum absolute atomic E-state index is 0.0633. The molecule has 1 N–H and O–H groups in total. The minimum Gasteiger partial charge on any atom is -0.483 e.